The minimum Gasteiger partial charge on any atom is -0.396 e. The second-order valence-electron chi connectivity index (χ2n) is 5.34. The first-order valence-corrected chi connectivity index (χ1v) is 7.30. The number of aliphatic hydroxyl groups excluding tert-OH is 1. The van der Waals surface area contributed by atoms with Gasteiger partial charge in [0.2, 0.25) is 0 Å². The second-order valence-corrected chi connectivity index (χ2v) is 5.34. The first kappa shape index (κ1) is 14.3. The van der Waals surface area contributed by atoms with Crippen LogP contribution in [0, 0.1) is 0 Å². The van der Waals surface area contributed by atoms with E-state index in [1.165, 1.54) is 17.7 Å². The van der Waals surface area contributed by atoms with Crippen LogP contribution in [0.1, 0.15) is 42.5 Å². The average Bonchev–Trinajstić information content (AvgIpc) is 2.89. The molecular weight excluding hydrogens is 238 g/mol. The lowest BCUT2D eigenvalue weighted by molar-refractivity contribution is 0.283. The first-order valence-electron chi connectivity index (χ1n) is 7.30. The van der Waals surface area contributed by atoms with Gasteiger partial charge < -0.3 is 15.7 Å². The molecule has 1 aromatic heterocycles. The molecule has 0 aliphatic heterocycles. The normalized spacial score (nSPS) is 13.6. The summed E-state index contributed by atoms with van der Waals surface area (Å²) >= 11 is 0. The van der Waals surface area contributed by atoms with Crippen LogP contribution in [0.3, 0.4) is 0 Å². The van der Waals surface area contributed by atoms with Gasteiger partial charge in [-0.05, 0) is 50.2 Å². The number of aromatic nitrogens is 1. The lowest BCUT2D eigenvalue weighted by Gasteiger charge is -2.22. The van der Waals surface area contributed by atoms with Crippen LogP contribution in [0.4, 0.5) is 5.82 Å². The van der Waals surface area contributed by atoms with Crippen molar-refractivity contribution < 1.29 is 5.11 Å². The van der Waals surface area contributed by atoms with Gasteiger partial charge in [-0.1, -0.05) is 0 Å². The summed E-state index contributed by atoms with van der Waals surface area (Å²) in [6, 6.07) is 2.24. The van der Waals surface area contributed by atoms with Gasteiger partial charge in [0.25, 0.3) is 0 Å². The van der Waals surface area contributed by atoms with Gasteiger partial charge in [0.05, 0.1) is 0 Å². The van der Waals surface area contributed by atoms with Crippen molar-refractivity contribution in [3.05, 3.63) is 22.9 Å². The number of pyridine rings is 1. The number of aliphatic hydroxyl groups is 1. The topological polar surface area (TPSA) is 62.4 Å². The Hall–Kier alpha value is -1.13. The molecule has 19 heavy (non-hydrogen) atoms. The maximum absolute atomic E-state index is 8.79. The standard InChI is InChI=1S/C15H25N3O/c1-18(8-3-2-4-9-19)15-13(11-16)10-12-6-5-7-14(12)17-15/h10,19H,2-9,11,16H2,1H3. The lowest BCUT2D eigenvalue weighted by Crippen LogP contribution is -2.23. The molecule has 0 atom stereocenters. The fourth-order valence-corrected chi connectivity index (χ4v) is 2.73. The number of hydrogen-bond donors (Lipinski definition) is 2. The van der Waals surface area contributed by atoms with Crippen molar-refractivity contribution in [3.63, 3.8) is 0 Å². The van der Waals surface area contributed by atoms with Crippen molar-refractivity contribution in [2.75, 3.05) is 25.1 Å². The van der Waals surface area contributed by atoms with E-state index in [2.05, 4.69) is 18.0 Å². The Kier molecular flexibility index (Phi) is 5.16. The molecule has 2 rings (SSSR count). The van der Waals surface area contributed by atoms with Crippen LogP contribution in [0.5, 0.6) is 0 Å². The van der Waals surface area contributed by atoms with Gasteiger partial charge in [-0.3, -0.25) is 0 Å². The molecule has 106 valence electrons. The van der Waals surface area contributed by atoms with Crippen molar-refractivity contribution >= 4 is 5.82 Å². The van der Waals surface area contributed by atoms with Crippen molar-refractivity contribution in [3.8, 4) is 0 Å². The molecule has 1 aromatic rings. The number of rotatable bonds is 7. The van der Waals surface area contributed by atoms with Crippen molar-refractivity contribution in [2.45, 2.75) is 45.1 Å². The quantitative estimate of drug-likeness (QED) is 0.734. The highest BCUT2D eigenvalue weighted by Gasteiger charge is 2.17. The Labute approximate surface area is 115 Å². The highest BCUT2D eigenvalue weighted by atomic mass is 16.2. The molecule has 0 aromatic carbocycles. The monoisotopic (exact) mass is 263 g/mol. The van der Waals surface area contributed by atoms with Gasteiger partial charge >= 0.3 is 0 Å². The first-order chi connectivity index (χ1) is 9.26. The van der Waals surface area contributed by atoms with Gasteiger partial charge in [0, 0.05) is 38.0 Å². The largest absolute Gasteiger partial charge is 0.396 e. The molecule has 4 nitrogen and oxygen atoms in total. The van der Waals surface area contributed by atoms with E-state index in [0.717, 1.165) is 50.0 Å². The summed E-state index contributed by atoms with van der Waals surface area (Å²) in [5.41, 5.74) is 9.66. The minimum atomic E-state index is 0.287. The summed E-state index contributed by atoms with van der Waals surface area (Å²) in [7, 11) is 2.09. The molecule has 0 bridgehead atoms. The highest BCUT2D eigenvalue weighted by molar-refractivity contribution is 5.50. The molecule has 4 heteroatoms. The van der Waals surface area contributed by atoms with E-state index in [9.17, 15) is 0 Å². The molecule has 0 saturated heterocycles. The SMILES string of the molecule is CN(CCCCCO)c1nc2c(cc1CN)CCC2. The highest BCUT2D eigenvalue weighted by Crippen LogP contribution is 2.26. The van der Waals surface area contributed by atoms with Crippen LogP contribution in [-0.2, 0) is 19.4 Å². The van der Waals surface area contributed by atoms with Crippen LogP contribution in [0.25, 0.3) is 0 Å². The molecule has 0 fully saturated rings. The Morgan fingerprint density at radius 1 is 1.32 bits per heavy atom. The number of hydrogen-bond acceptors (Lipinski definition) is 4. The molecule has 1 aliphatic rings. The Morgan fingerprint density at radius 2 is 2.16 bits per heavy atom. The zero-order valence-corrected chi connectivity index (χ0v) is 11.9. The van der Waals surface area contributed by atoms with Gasteiger partial charge in [-0.2, -0.15) is 0 Å². The van der Waals surface area contributed by atoms with Gasteiger partial charge in [0.1, 0.15) is 5.82 Å². The maximum Gasteiger partial charge on any atom is 0.133 e. The third kappa shape index (κ3) is 3.45. The average molecular weight is 263 g/mol. The summed E-state index contributed by atoms with van der Waals surface area (Å²) in [5, 5.41) is 8.79. The molecule has 1 aliphatic carbocycles. The summed E-state index contributed by atoms with van der Waals surface area (Å²) < 4.78 is 0. The third-order valence-corrected chi connectivity index (χ3v) is 3.84. The number of unbranched alkanes of at least 4 members (excludes halogenated alkanes) is 2. The fraction of sp³-hybridized carbons (Fsp3) is 0.667. The summed E-state index contributed by atoms with van der Waals surface area (Å²) in [6.45, 7) is 1.81. The van der Waals surface area contributed by atoms with Gasteiger partial charge in [0.15, 0.2) is 0 Å². The van der Waals surface area contributed by atoms with E-state index in [1.54, 1.807) is 0 Å². The zero-order chi connectivity index (χ0) is 13.7. The molecule has 0 amide bonds. The Morgan fingerprint density at radius 3 is 2.89 bits per heavy atom. The number of nitrogens with zero attached hydrogens (tertiary/aromatic N) is 2. The predicted octanol–water partition coefficient (Wildman–Crippen LogP) is 1.63. The zero-order valence-electron chi connectivity index (χ0n) is 11.9. The second kappa shape index (κ2) is 6.87. The van der Waals surface area contributed by atoms with Crippen LogP contribution in [0.2, 0.25) is 0 Å². The third-order valence-electron chi connectivity index (χ3n) is 3.84. The van der Waals surface area contributed by atoms with E-state index in [-0.39, 0.29) is 6.61 Å². The summed E-state index contributed by atoms with van der Waals surface area (Å²) in [4.78, 5) is 7.03. The number of aryl methyl sites for hydroxylation is 2. The van der Waals surface area contributed by atoms with E-state index >= 15 is 0 Å². The van der Waals surface area contributed by atoms with Crippen LogP contribution < -0.4 is 10.6 Å². The number of fused-ring (bicyclic) bond motifs is 1. The molecule has 0 radical (unpaired) electrons. The fourth-order valence-electron chi connectivity index (χ4n) is 2.73. The lowest BCUT2D eigenvalue weighted by atomic mass is 10.1. The van der Waals surface area contributed by atoms with Crippen molar-refractivity contribution in [1.82, 2.24) is 4.98 Å². The van der Waals surface area contributed by atoms with Crippen molar-refractivity contribution in [1.29, 1.82) is 0 Å². The molecule has 0 unspecified atom stereocenters. The molecule has 3 N–H and O–H groups in total. The molecular formula is C15H25N3O. The molecule has 1 heterocycles. The summed E-state index contributed by atoms with van der Waals surface area (Å²) in [6.07, 6.45) is 6.50. The van der Waals surface area contributed by atoms with Crippen LogP contribution >= 0.6 is 0 Å². The van der Waals surface area contributed by atoms with Crippen LogP contribution in [-0.4, -0.2) is 30.3 Å². The van der Waals surface area contributed by atoms with Gasteiger partial charge in [-0.15, -0.1) is 0 Å². The maximum atomic E-state index is 8.79. The van der Waals surface area contributed by atoms with Crippen molar-refractivity contribution in [2.24, 2.45) is 5.73 Å². The van der Waals surface area contributed by atoms with E-state index in [1.807, 2.05) is 0 Å². The molecule has 0 saturated carbocycles. The smallest absolute Gasteiger partial charge is 0.133 e. The molecule has 0 spiro atoms. The number of anilines is 1. The predicted molar refractivity (Wildman–Crippen MR) is 78.4 cm³/mol. The van der Waals surface area contributed by atoms with Crippen LogP contribution in [0.15, 0.2) is 6.07 Å². The minimum absolute atomic E-state index is 0.287. The van der Waals surface area contributed by atoms with Gasteiger partial charge in [-0.25, -0.2) is 4.98 Å². The Balaban J connectivity index is 2.05. The van der Waals surface area contributed by atoms with E-state index in [4.69, 9.17) is 15.8 Å². The number of nitrogens with two attached hydrogens (primary N) is 1. The summed E-state index contributed by atoms with van der Waals surface area (Å²) in [5.74, 6) is 1.05. The van der Waals surface area contributed by atoms with E-state index < -0.39 is 0 Å². The van der Waals surface area contributed by atoms with E-state index in [0.29, 0.717) is 6.54 Å². The Bertz CT molecular complexity index is 420.